The Morgan fingerprint density at radius 2 is 2.18 bits per heavy atom. The quantitative estimate of drug-likeness (QED) is 0.676. The van der Waals surface area contributed by atoms with E-state index in [0.29, 0.717) is 0 Å². The van der Waals surface area contributed by atoms with E-state index in [0.717, 1.165) is 5.92 Å². The lowest BCUT2D eigenvalue weighted by Gasteiger charge is -2.21. The molecule has 0 amide bonds. The number of thiophene rings is 1. The van der Waals surface area contributed by atoms with Crippen LogP contribution in [0.1, 0.15) is 24.3 Å². The van der Waals surface area contributed by atoms with E-state index in [1.165, 1.54) is 25.9 Å². The van der Waals surface area contributed by atoms with Gasteiger partial charge < -0.3 is 5.32 Å². The van der Waals surface area contributed by atoms with E-state index in [9.17, 15) is 0 Å². The molecule has 0 atom stereocenters. The Balaban J connectivity index is 2.04. The van der Waals surface area contributed by atoms with Crippen LogP contribution in [0.2, 0.25) is 0 Å². The third-order valence-corrected chi connectivity index (χ3v) is 3.06. The van der Waals surface area contributed by atoms with Crippen molar-refractivity contribution in [1.29, 1.82) is 0 Å². The fraction of sp³-hybridized carbons (Fsp3) is 0.556. The van der Waals surface area contributed by atoms with Crippen LogP contribution in [-0.4, -0.2) is 13.1 Å². The molecule has 1 N–H and O–H groups in total. The number of hydrogen-bond donors (Lipinski definition) is 1. The Labute approximate surface area is 71.4 Å². The van der Waals surface area contributed by atoms with Crippen LogP contribution in [0.3, 0.4) is 0 Å². The smallest absolute Gasteiger partial charge is 0.00431 e. The summed E-state index contributed by atoms with van der Waals surface area (Å²) in [6.07, 6.45) is 2.63. The van der Waals surface area contributed by atoms with Gasteiger partial charge in [-0.3, -0.25) is 0 Å². The fourth-order valence-corrected chi connectivity index (χ4v) is 2.40. The van der Waals surface area contributed by atoms with Crippen molar-refractivity contribution in [3.63, 3.8) is 0 Å². The van der Waals surface area contributed by atoms with E-state index < -0.39 is 0 Å². The molecule has 0 unspecified atom stereocenters. The molecule has 0 aromatic carbocycles. The van der Waals surface area contributed by atoms with E-state index in [4.69, 9.17) is 0 Å². The van der Waals surface area contributed by atoms with E-state index in [2.05, 4.69) is 22.1 Å². The second-order valence-corrected chi connectivity index (χ2v) is 3.86. The largest absolute Gasteiger partial charge is 0.317 e. The predicted molar refractivity (Wildman–Crippen MR) is 49.2 cm³/mol. The molecule has 1 aromatic rings. The lowest BCUT2D eigenvalue weighted by Crippen LogP contribution is -2.26. The molecule has 1 aromatic heterocycles. The Kier molecular flexibility index (Phi) is 2.24. The Morgan fingerprint density at radius 1 is 1.36 bits per heavy atom. The molecule has 11 heavy (non-hydrogen) atoms. The van der Waals surface area contributed by atoms with Crippen LogP contribution in [0.4, 0.5) is 0 Å². The van der Waals surface area contributed by atoms with Gasteiger partial charge in [0.1, 0.15) is 0 Å². The maximum Gasteiger partial charge on any atom is -0.00431 e. The molecule has 0 radical (unpaired) electrons. The minimum atomic E-state index is 0.836. The average molecular weight is 167 g/mol. The first-order valence-electron chi connectivity index (χ1n) is 4.19. The fourth-order valence-electron chi connectivity index (χ4n) is 1.66. The summed E-state index contributed by atoms with van der Waals surface area (Å²) in [6.45, 7) is 2.39. The van der Waals surface area contributed by atoms with Crippen molar-refractivity contribution in [2.75, 3.05) is 13.1 Å². The van der Waals surface area contributed by atoms with Crippen LogP contribution >= 0.6 is 11.3 Å². The van der Waals surface area contributed by atoms with Crippen LogP contribution in [0.5, 0.6) is 0 Å². The lowest BCUT2D eigenvalue weighted by atomic mass is 9.92. The Morgan fingerprint density at radius 3 is 2.82 bits per heavy atom. The van der Waals surface area contributed by atoms with Gasteiger partial charge in [-0.2, -0.15) is 11.3 Å². The first-order valence-corrected chi connectivity index (χ1v) is 5.14. The molecule has 0 bridgehead atoms. The molecule has 2 heterocycles. The highest BCUT2D eigenvalue weighted by molar-refractivity contribution is 7.07. The van der Waals surface area contributed by atoms with Crippen LogP contribution < -0.4 is 5.32 Å². The Bertz CT molecular complexity index is 199. The maximum absolute atomic E-state index is 3.38. The van der Waals surface area contributed by atoms with Gasteiger partial charge in [0.25, 0.3) is 0 Å². The van der Waals surface area contributed by atoms with Crippen molar-refractivity contribution >= 4 is 11.3 Å². The standard InChI is InChI=1S/C9H13NS/c1-4-10-5-2-8(1)9-3-6-11-7-9/h3,6-8,10H,1-2,4-5H2. The molecule has 1 aliphatic heterocycles. The summed E-state index contributed by atoms with van der Waals surface area (Å²) in [6, 6.07) is 2.26. The third kappa shape index (κ3) is 1.63. The monoisotopic (exact) mass is 167 g/mol. The number of rotatable bonds is 1. The molecule has 1 nitrogen and oxygen atoms in total. The first kappa shape index (κ1) is 7.32. The molecule has 0 aliphatic carbocycles. The molecule has 2 rings (SSSR count). The van der Waals surface area contributed by atoms with Gasteiger partial charge in [-0.15, -0.1) is 0 Å². The zero-order valence-electron chi connectivity index (χ0n) is 6.55. The topological polar surface area (TPSA) is 12.0 Å². The summed E-state index contributed by atoms with van der Waals surface area (Å²) in [5, 5.41) is 7.85. The summed E-state index contributed by atoms with van der Waals surface area (Å²) in [5.74, 6) is 0.836. The van der Waals surface area contributed by atoms with Crippen LogP contribution in [0.15, 0.2) is 16.8 Å². The van der Waals surface area contributed by atoms with Crippen molar-refractivity contribution in [2.24, 2.45) is 0 Å². The number of nitrogens with one attached hydrogen (secondary N) is 1. The minimum Gasteiger partial charge on any atom is -0.317 e. The molecular formula is C9H13NS. The van der Waals surface area contributed by atoms with Crippen molar-refractivity contribution in [3.8, 4) is 0 Å². The number of piperidine rings is 1. The average Bonchev–Trinajstić information content (AvgIpc) is 2.58. The van der Waals surface area contributed by atoms with Gasteiger partial charge in [0.15, 0.2) is 0 Å². The summed E-state index contributed by atoms with van der Waals surface area (Å²) in [7, 11) is 0. The summed E-state index contributed by atoms with van der Waals surface area (Å²) < 4.78 is 0. The second kappa shape index (κ2) is 3.37. The molecule has 60 valence electrons. The van der Waals surface area contributed by atoms with Gasteiger partial charge in [-0.1, -0.05) is 0 Å². The summed E-state index contributed by atoms with van der Waals surface area (Å²) in [4.78, 5) is 0. The van der Waals surface area contributed by atoms with Crippen molar-refractivity contribution in [2.45, 2.75) is 18.8 Å². The van der Waals surface area contributed by atoms with Gasteiger partial charge in [0.2, 0.25) is 0 Å². The Hall–Kier alpha value is -0.340. The number of hydrogen-bond acceptors (Lipinski definition) is 2. The molecule has 0 saturated carbocycles. The van der Waals surface area contributed by atoms with Gasteiger partial charge >= 0.3 is 0 Å². The maximum atomic E-state index is 3.38. The first-order chi connectivity index (χ1) is 5.47. The van der Waals surface area contributed by atoms with Crippen molar-refractivity contribution in [1.82, 2.24) is 5.32 Å². The van der Waals surface area contributed by atoms with E-state index in [1.807, 2.05) is 11.3 Å². The van der Waals surface area contributed by atoms with Crippen LogP contribution in [0, 0.1) is 0 Å². The lowest BCUT2D eigenvalue weighted by molar-refractivity contribution is 0.461. The summed E-state index contributed by atoms with van der Waals surface area (Å²) >= 11 is 1.81. The van der Waals surface area contributed by atoms with Crippen molar-refractivity contribution < 1.29 is 0 Å². The second-order valence-electron chi connectivity index (χ2n) is 3.08. The van der Waals surface area contributed by atoms with E-state index in [-0.39, 0.29) is 0 Å². The summed E-state index contributed by atoms with van der Waals surface area (Å²) in [5.41, 5.74) is 1.55. The molecule has 2 heteroatoms. The molecule has 0 spiro atoms. The minimum absolute atomic E-state index is 0.836. The molecular weight excluding hydrogens is 154 g/mol. The zero-order chi connectivity index (χ0) is 7.52. The van der Waals surface area contributed by atoms with Gasteiger partial charge in [0, 0.05) is 0 Å². The molecule has 1 saturated heterocycles. The van der Waals surface area contributed by atoms with Gasteiger partial charge in [-0.25, -0.2) is 0 Å². The highest BCUT2D eigenvalue weighted by Gasteiger charge is 2.14. The van der Waals surface area contributed by atoms with E-state index >= 15 is 0 Å². The third-order valence-electron chi connectivity index (χ3n) is 2.35. The van der Waals surface area contributed by atoms with Gasteiger partial charge in [0.05, 0.1) is 0 Å². The SMILES string of the molecule is c1cc(C2CCNCC2)cs1. The highest BCUT2D eigenvalue weighted by Crippen LogP contribution is 2.26. The van der Waals surface area contributed by atoms with Gasteiger partial charge in [-0.05, 0) is 54.2 Å². The normalized spacial score (nSPS) is 20.4. The van der Waals surface area contributed by atoms with Crippen LogP contribution in [-0.2, 0) is 0 Å². The zero-order valence-corrected chi connectivity index (χ0v) is 7.36. The molecule has 1 aliphatic rings. The molecule has 1 fully saturated rings. The van der Waals surface area contributed by atoms with Crippen molar-refractivity contribution in [3.05, 3.63) is 22.4 Å². The van der Waals surface area contributed by atoms with Crippen LogP contribution in [0.25, 0.3) is 0 Å². The highest BCUT2D eigenvalue weighted by atomic mass is 32.1. The van der Waals surface area contributed by atoms with E-state index in [1.54, 1.807) is 5.56 Å². The predicted octanol–water partition coefficient (Wildman–Crippen LogP) is 2.22.